The molecule has 2 saturated heterocycles. The van der Waals surface area contributed by atoms with E-state index in [0.717, 1.165) is 37.9 Å². The average molecular weight is 400 g/mol. The van der Waals surface area contributed by atoms with E-state index in [1.54, 1.807) is 0 Å². The zero-order valence-corrected chi connectivity index (χ0v) is 17.6. The summed E-state index contributed by atoms with van der Waals surface area (Å²) in [5.74, 6) is 0.696. The lowest BCUT2D eigenvalue weighted by atomic mass is 9.67. The summed E-state index contributed by atoms with van der Waals surface area (Å²) in [5.41, 5.74) is 1.48. The summed E-state index contributed by atoms with van der Waals surface area (Å²) in [6, 6.07) is 7.63. The van der Waals surface area contributed by atoms with Crippen LogP contribution in [0.2, 0.25) is 0 Å². The molecule has 1 aromatic rings. The first kappa shape index (κ1) is 20.4. The smallest absolute Gasteiger partial charge is 0.254 e. The zero-order chi connectivity index (χ0) is 20.4. The number of carbonyl (C=O) groups excluding carboxylic acids is 2. The number of nitrogens with zero attached hydrogens (tertiary/aromatic N) is 1. The third kappa shape index (κ3) is 4.19. The second-order valence-corrected chi connectivity index (χ2v) is 9.08. The number of benzene rings is 1. The van der Waals surface area contributed by atoms with Crippen LogP contribution in [0.3, 0.4) is 0 Å². The Morgan fingerprint density at radius 3 is 2.62 bits per heavy atom. The molecule has 2 aliphatic heterocycles. The van der Waals surface area contributed by atoms with Crippen LogP contribution in [-0.4, -0.2) is 55.1 Å². The van der Waals surface area contributed by atoms with Gasteiger partial charge in [0, 0.05) is 31.7 Å². The van der Waals surface area contributed by atoms with Gasteiger partial charge in [0.2, 0.25) is 5.91 Å². The summed E-state index contributed by atoms with van der Waals surface area (Å²) in [6.07, 6.45) is 4.63. The van der Waals surface area contributed by atoms with Crippen LogP contribution in [0.5, 0.6) is 0 Å². The fraction of sp³-hybridized carbons (Fsp3) is 0.652. The number of fused-ring (bicyclic) bond motifs is 1. The summed E-state index contributed by atoms with van der Waals surface area (Å²) in [5, 5.41) is 6.59. The maximum Gasteiger partial charge on any atom is 0.254 e. The molecule has 0 radical (unpaired) electrons. The highest BCUT2D eigenvalue weighted by molar-refractivity contribution is 5.94. The quantitative estimate of drug-likeness (QED) is 0.815. The molecule has 29 heavy (non-hydrogen) atoms. The van der Waals surface area contributed by atoms with Crippen molar-refractivity contribution in [3.8, 4) is 0 Å². The van der Waals surface area contributed by atoms with Gasteiger partial charge in [0.1, 0.15) is 0 Å². The molecule has 1 aliphatic carbocycles. The third-order valence-electron chi connectivity index (χ3n) is 6.85. The first-order valence-corrected chi connectivity index (χ1v) is 11.0. The van der Waals surface area contributed by atoms with Gasteiger partial charge in [-0.1, -0.05) is 25.0 Å². The maximum atomic E-state index is 13.0. The highest BCUT2D eigenvalue weighted by Crippen LogP contribution is 2.43. The minimum atomic E-state index is -0.224. The number of nitrogens with one attached hydrogen (secondary N) is 2. The molecule has 158 valence electrons. The Balaban J connectivity index is 1.35. The van der Waals surface area contributed by atoms with Crippen molar-refractivity contribution in [2.45, 2.75) is 58.3 Å². The van der Waals surface area contributed by atoms with Crippen LogP contribution in [0.4, 0.5) is 0 Å². The van der Waals surface area contributed by atoms with Crippen molar-refractivity contribution in [3.05, 3.63) is 35.4 Å². The molecule has 6 nitrogen and oxygen atoms in total. The number of hydrogen-bond donors (Lipinski definition) is 2. The van der Waals surface area contributed by atoms with E-state index in [-0.39, 0.29) is 29.4 Å². The lowest BCUT2D eigenvalue weighted by Crippen LogP contribution is -2.48. The van der Waals surface area contributed by atoms with Crippen molar-refractivity contribution in [2.75, 3.05) is 26.2 Å². The van der Waals surface area contributed by atoms with E-state index in [1.807, 2.05) is 43.0 Å². The standard InChI is InChI=1S/C23H33N3O3/c1-16-13-26(14-17(2)29-16)21(27)19-8-6-18(7-9-19)11-25-22(28)23-10-4-3-5-20(23)12-24-15-23/h6-9,16-17,20,24H,3-5,10-15H2,1-2H3,(H,25,28)/t16?,17?,20-,23+/m0/s1. The van der Waals surface area contributed by atoms with Crippen molar-refractivity contribution in [1.29, 1.82) is 0 Å². The number of hydrogen-bond acceptors (Lipinski definition) is 4. The van der Waals surface area contributed by atoms with E-state index < -0.39 is 0 Å². The molecule has 3 fully saturated rings. The SMILES string of the molecule is CC1CN(C(=O)c2ccc(CNC(=O)[C@@]34CCCC[C@H]3CNC4)cc2)CC(C)O1. The van der Waals surface area contributed by atoms with Crippen LogP contribution in [0, 0.1) is 11.3 Å². The molecule has 2 unspecified atom stereocenters. The van der Waals surface area contributed by atoms with E-state index in [9.17, 15) is 9.59 Å². The van der Waals surface area contributed by atoms with Gasteiger partial charge < -0.3 is 20.3 Å². The lowest BCUT2D eigenvalue weighted by Gasteiger charge is -2.37. The van der Waals surface area contributed by atoms with Gasteiger partial charge in [-0.3, -0.25) is 9.59 Å². The summed E-state index contributed by atoms with van der Waals surface area (Å²) in [6.45, 7) is 7.51. The number of morpholine rings is 1. The Bertz CT molecular complexity index is 740. The molecule has 0 aromatic heterocycles. The molecular formula is C23H33N3O3. The van der Waals surface area contributed by atoms with E-state index in [0.29, 0.717) is 31.1 Å². The molecule has 0 bridgehead atoms. The predicted octanol–water partition coefficient (Wildman–Crippen LogP) is 2.33. The Morgan fingerprint density at radius 1 is 1.17 bits per heavy atom. The molecule has 2 N–H and O–H groups in total. The molecule has 2 amide bonds. The largest absolute Gasteiger partial charge is 0.372 e. The maximum absolute atomic E-state index is 13.0. The highest BCUT2D eigenvalue weighted by Gasteiger charge is 2.49. The second-order valence-electron chi connectivity index (χ2n) is 9.08. The average Bonchev–Trinajstić information content (AvgIpc) is 3.16. The zero-order valence-electron chi connectivity index (χ0n) is 17.6. The van der Waals surface area contributed by atoms with Crippen LogP contribution in [0.15, 0.2) is 24.3 Å². The Labute approximate surface area is 173 Å². The minimum Gasteiger partial charge on any atom is -0.372 e. The Hall–Kier alpha value is -1.92. The van der Waals surface area contributed by atoms with E-state index >= 15 is 0 Å². The summed E-state index contributed by atoms with van der Waals surface area (Å²) in [4.78, 5) is 27.7. The summed E-state index contributed by atoms with van der Waals surface area (Å²) >= 11 is 0. The number of carbonyl (C=O) groups is 2. The van der Waals surface area contributed by atoms with Crippen molar-refractivity contribution >= 4 is 11.8 Å². The summed E-state index contributed by atoms with van der Waals surface area (Å²) < 4.78 is 5.72. The van der Waals surface area contributed by atoms with Gasteiger partial charge in [0.05, 0.1) is 17.6 Å². The van der Waals surface area contributed by atoms with Gasteiger partial charge in [-0.25, -0.2) is 0 Å². The monoisotopic (exact) mass is 399 g/mol. The first-order valence-electron chi connectivity index (χ1n) is 11.0. The molecule has 0 spiro atoms. The molecule has 4 rings (SSSR count). The second kappa shape index (κ2) is 8.44. The van der Waals surface area contributed by atoms with E-state index in [2.05, 4.69) is 10.6 Å². The van der Waals surface area contributed by atoms with Crippen molar-refractivity contribution in [3.63, 3.8) is 0 Å². The van der Waals surface area contributed by atoms with E-state index in [4.69, 9.17) is 4.74 Å². The minimum absolute atomic E-state index is 0.0450. The molecule has 2 heterocycles. The molecule has 3 aliphatic rings. The van der Waals surface area contributed by atoms with Crippen LogP contribution >= 0.6 is 0 Å². The lowest BCUT2D eigenvalue weighted by molar-refractivity contribution is -0.134. The highest BCUT2D eigenvalue weighted by atomic mass is 16.5. The van der Waals surface area contributed by atoms with E-state index in [1.165, 1.54) is 6.42 Å². The molecule has 6 heteroatoms. The predicted molar refractivity (Wildman–Crippen MR) is 111 cm³/mol. The summed E-state index contributed by atoms with van der Waals surface area (Å²) in [7, 11) is 0. The van der Waals surface area contributed by atoms with Crippen molar-refractivity contribution < 1.29 is 14.3 Å². The normalized spacial score (nSPS) is 31.9. The van der Waals surface area contributed by atoms with Gasteiger partial charge in [-0.2, -0.15) is 0 Å². The van der Waals surface area contributed by atoms with Gasteiger partial charge in [-0.15, -0.1) is 0 Å². The van der Waals surface area contributed by atoms with Crippen LogP contribution < -0.4 is 10.6 Å². The van der Waals surface area contributed by atoms with Gasteiger partial charge >= 0.3 is 0 Å². The molecule has 1 aromatic carbocycles. The van der Waals surface area contributed by atoms with Gasteiger partial charge in [-0.05, 0) is 56.8 Å². The third-order valence-corrected chi connectivity index (χ3v) is 6.85. The van der Waals surface area contributed by atoms with Crippen LogP contribution in [0.1, 0.15) is 55.5 Å². The molecule has 4 atom stereocenters. The Kier molecular flexibility index (Phi) is 5.93. The number of amides is 2. The molecule has 1 saturated carbocycles. The van der Waals surface area contributed by atoms with Gasteiger partial charge in [0.15, 0.2) is 0 Å². The van der Waals surface area contributed by atoms with Crippen molar-refractivity contribution in [1.82, 2.24) is 15.5 Å². The van der Waals surface area contributed by atoms with Crippen molar-refractivity contribution in [2.24, 2.45) is 11.3 Å². The Morgan fingerprint density at radius 2 is 1.90 bits per heavy atom. The number of rotatable bonds is 4. The topological polar surface area (TPSA) is 70.7 Å². The first-order chi connectivity index (χ1) is 14.0. The fourth-order valence-corrected chi connectivity index (χ4v) is 5.34. The fourth-order valence-electron chi connectivity index (χ4n) is 5.34. The van der Waals surface area contributed by atoms with Crippen LogP contribution in [-0.2, 0) is 16.1 Å². The number of ether oxygens (including phenoxy) is 1. The molecular weight excluding hydrogens is 366 g/mol. The van der Waals surface area contributed by atoms with Crippen LogP contribution in [0.25, 0.3) is 0 Å². The van der Waals surface area contributed by atoms with Gasteiger partial charge in [0.25, 0.3) is 5.91 Å².